The number of piperidine rings is 1. The Bertz CT molecular complexity index is 1140. The standard InChI is InChI=1S/C31H53N5O5S/c1-8-36(42(39,40)31-23(2)18-28(41-7)19-24(31)3)22-29(37)32-21-30(38)34(6)26-10-9-11-27(20-26)35-16-13-25(14-17-35)12-15-33(4)5/h18-19,25-27H,8-17,20-22H2,1-7H3,(H,32,37). The number of nitrogens with zero attached hydrogens (tertiary/aromatic N) is 4. The number of ether oxygens (including phenoxy) is 1. The molecular weight excluding hydrogens is 554 g/mol. The summed E-state index contributed by atoms with van der Waals surface area (Å²) < 4.78 is 33.3. The van der Waals surface area contributed by atoms with E-state index in [0.29, 0.717) is 22.9 Å². The number of rotatable bonds is 13. The molecule has 2 amide bonds. The molecule has 2 fully saturated rings. The lowest BCUT2D eigenvalue weighted by atomic mass is 9.86. The normalized spacial score (nSPS) is 20.6. The Kier molecular flexibility index (Phi) is 12.6. The minimum absolute atomic E-state index is 0.130. The summed E-state index contributed by atoms with van der Waals surface area (Å²) in [6, 6.07) is 3.99. The zero-order chi connectivity index (χ0) is 31.0. The maximum atomic E-state index is 13.5. The van der Waals surface area contributed by atoms with Gasteiger partial charge in [-0.05, 0) is 122 Å². The fourth-order valence-electron chi connectivity index (χ4n) is 6.52. The van der Waals surface area contributed by atoms with Gasteiger partial charge in [0.05, 0.1) is 25.1 Å². The van der Waals surface area contributed by atoms with Crippen molar-refractivity contribution in [2.45, 2.75) is 82.7 Å². The lowest BCUT2D eigenvalue weighted by Crippen LogP contribution is -2.51. The van der Waals surface area contributed by atoms with Crippen LogP contribution in [-0.2, 0) is 19.6 Å². The van der Waals surface area contributed by atoms with Crippen LogP contribution in [-0.4, -0.2) is 119 Å². The van der Waals surface area contributed by atoms with E-state index in [4.69, 9.17) is 4.74 Å². The van der Waals surface area contributed by atoms with Gasteiger partial charge in [-0.1, -0.05) is 6.92 Å². The molecule has 0 aromatic heterocycles. The van der Waals surface area contributed by atoms with Gasteiger partial charge in [0.25, 0.3) is 0 Å². The van der Waals surface area contributed by atoms with E-state index in [1.54, 1.807) is 37.8 Å². The van der Waals surface area contributed by atoms with Crippen molar-refractivity contribution in [3.05, 3.63) is 23.3 Å². The van der Waals surface area contributed by atoms with Crippen molar-refractivity contribution in [3.63, 3.8) is 0 Å². The number of benzene rings is 1. The third kappa shape index (κ3) is 8.90. The minimum atomic E-state index is -3.92. The second-order valence-corrected chi connectivity index (χ2v) is 14.2. The Hall–Kier alpha value is -2.21. The van der Waals surface area contributed by atoms with Crippen LogP contribution in [0.2, 0.25) is 0 Å². The van der Waals surface area contributed by atoms with Crippen LogP contribution < -0.4 is 10.1 Å². The van der Waals surface area contributed by atoms with E-state index in [1.165, 1.54) is 32.8 Å². The second-order valence-electron chi connectivity index (χ2n) is 12.3. The maximum absolute atomic E-state index is 13.5. The van der Waals surface area contributed by atoms with Gasteiger partial charge in [0, 0.05) is 25.7 Å². The number of methoxy groups -OCH3 is 1. The Morgan fingerprint density at radius 3 is 2.26 bits per heavy atom. The highest BCUT2D eigenvalue weighted by molar-refractivity contribution is 7.89. The first-order valence-corrected chi connectivity index (χ1v) is 16.9. The quantitative estimate of drug-likeness (QED) is 0.368. The van der Waals surface area contributed by atoms with Gasteiger partial charge in [0.2, 0.25) is 21.8 Å². The molecule has 1 aromatic rings. The Morgan fingerprint density at radius 2 is 1.69 bits per heavy atom. The number of carbonyl (C=O) groups excluding carboxylic acids is 2. The zero-order valence-electron chi connectivity index (χ0n) is 26.8. The van der Waals surface area contributed by atoms with E-state index in [-0.39, 0.29) is 36.5 Å². The van der Waals surface area contributed by atoms with Crippen molar-refractivity contribution in [3.8, 4) is 5.75 Å². The van der Waals surface area contributed by atoms with Crippen molar-refractivity contribution >= 4 is 21.8 Å². The summed E-state index contributed by atoms with van der Waals surface area (Å²) in [5.41, 5.74) is 1.11. The van der Waals surface area contributed by atoms with Crippen LogP contribution in [0.4, 0.5) is 0 Å². The smallest absolute Gasteiger partial charge is 0.244 e. The first kappa shape index (κ1) is 34.3. The average Bonchev–Trinajstić information content (AvgIpc) is 2.96. The Balaban J connectivity index is 1.50. The van der Waals surface area contributed by atoms with Crippen molar-refractivity contribution in [1.29, 1.82) is 0 Å². The summed E-state index contributed by atoms with van der Waals surface area (Å²) in [6.07, 6.45) is 7.95. The molecule has 1 aromatic carbocycles. The molecule has 0 spiro atoms. The van der Waals surface area contributed by atoms with E-state index >= 15 is 0 Å². The number of carbonyl (C=O) groups is 2. The number of nitrogens with one attached hydrogen (secondary N) is 1. The molecule has 3 rings (SSSR count). The molecule has 1 aliphatic carbocycles. The van der Waals surface area contributed by atoms with Crippen LogP contribution >= 0.6 is 0 Å². The van der Waals surface area contributed by atoms with Crippen LogP contribution in [0, 0.1) is 19.8 Å². The third-order valence-corrected chi connectivity index (χ3v) is 11.3. The summed E-state index contributed by atoms with van der Waals surface area (Å²) >= 11 is 0. The molecule has 0 bridgehead atoms. The highest BCUT2D eigenvalue weighted by Crippen LogP contribution is 2.31. The van der Waals surface area contributed by atoms with Crippen molar-refractivity contribution < 1.29 is 22.7 Å². The van der Waals surface area contributed by atoms with Crippen molar-refractivity contribution in [2.24, 2.45) is 5.92 Å². The summed E-state index contributed by atoms with van der Waals surface area (Å²) in [5, 5.41) is 2.67. The van der Waals surface area contributed by atoms with Crippen LogP contribution in [0.1, 0.15) is 63.0 Å². The summed E-state index contributed by atoms with van der Waals surface area (Å²) in [7, 11) is 3.71. The molecule has 1 saturated carbocycles. The fraction of sp³-hybridized carbons (Fsp3) is 0.742. The predicted octanol–water partition coefficient (Wildman–Crippen LogP) is 2.87. The highest BCUT2D eigenvalue weighted by Gasteiger charge is 2.33. The predicted molar refractivity (Wildman–Crippen MR) is 166 cm³/mol. The number of amides is 2. The van der Waals surface area contributed by atoms with Crippen molar-refractivity contribution in [2.75, 3.05) is 67.5 Å². The van der Waals surface area contributed by atoms with Crippen molar-refractivity contribution in [1.82, 2.24) is 24.3 Å². The average molecular weight is 608 g/mol. The number of hydrogen-bond acceptors (Lipinski definition) is 7. The molecule has 11 heteroatoms. The second kappa shape index (κ2) is 15.5. The van der Waals surface area contributed by atoms with Gasteiger partial charge >= 0.3 is 0 Å². The van der Waals surface area contributed by atoms with Gasteiger partial charge in [-0.15, -0.1) is 0 Å². The summed E-state index contributed by atoms with van der Waals surface area (Å²) in [5.74, 6) is 0.740. The maximum Gasteiger partial charge on any atom is 0.244 e. The van der Waals surface area contributed by atoms with Gasteiger partial charge in [0.15, 0.2) is 0 Å². The highest BCUT2D eigenvalue weighted by atomic mass is 32.2. The molecule has 2 aliphatic rings. The summed E-state index contributed by atoms with van der Waals surface area (Å²) in [4.78, 5) is 32.7. The van der Waals surface area contributed by atoms with Gasteiger partial charge in [0.1, 0.15) is 5.75 Å². The number of likely N-dealkylation sites (tertiary alicyclic amines) is 1. The number of aryl methyl sites for hydroxylation is 2. The lowest BCUT2D eigenvalue weighted by molar-refractivity contribution is -0.134. The van der Waals surface area contributed by atoms with E-state index < -0.39 is 15.9 Å². The Morgan fingerprint density at radius 1 is 1.05 bits per heavy atom. The van der Waals surface area contributed by atoms with E-state index in [0.717, 1.165) is 49.1 Å². The molecule has 238 valence electrons. The van der Waals surface area contributed by atoms with E-state index in [2.05, 4.69) is 29.2 Å². The van der Waals surface area contributed by atoms with Gasteiger partial charge in [-0.25, -0.2) is 8.42 Å². The molecule has 10 nitrogen and oxygen atoms in total. The molecule has 1 heterocycles. The van der Waals surface area contributed by atoms with Gasteiger partial charge in [-0.2, -0.15) is 4.31 Å². The largest absolute Gasteiger partial charge is 0.497 e. The lowest BCUT2D eigenvalue weighted by Gasteiger charge is -2.43. The monoisotopic (exact) mass is 607 g/mol. The Labute approximate surface area is 253 Å². The van der Waals surface area contributed by atoms with E-state index in [1.807, 2.05) is 7.05 Å². The number of hydrogen-bond donors (Lipinski definition) is 1. The summed E-state index contributed by atoms with van der Waals surface area (Å²) in [6.45, 7) is 8.18. The molecule has 1 aliphatic heterocycles. The molecule has 42 heavy (non-hydrogen) atoms. The topological polar surface area (TPSA) is 103 Å². The van der Waals surface area contributed by atoms with E-state index in [9.17, 15) is 18.0 Å². The molecule has 1 saturated heterocycles. The van der Waals surface area contributed by atoms with Crippen LogP contribution in [0.15, 0.2) is 17.0 Å². The SMILES string of the molecule is CCN(CC(=O)NCC(=O)N(C)C1CCCC(N2CCC(CCN(C)C)CC2)C1)S(=O)(=O)c1c(C)cc(OC)cc1C. The third-order valence-electron chi connectivity index (χ3n) is 9.09. The van der Waals surface area contributed by atoms with Gasteiger partial charge in [-0.3, -0.25) is 9.59 Å². The van der Waals surface area contributed by atoms with Crippen LogP contribution in [0.3, 0.4) is 0 Å². The number of likely N-dealkylation sites (N-methyl/N-ethyl adjacent to an activating group) is 2. The van der Waals surface area contributed by atoms with Gasteiger partial charge < -0.3 is 24.8 Å². The first-order valence-electron chi connectivity index (χ1n) is 15.4. The zero-order valence-corrected chi connectivity index (χ0v) is 27.6. The molecule has 2 atom stereocenters. The minimum Gasteiger partial charge on any atom is -0.497 e. The van der Waals surface area contributed by atoms with Crippen LogP contribution in [0.25, 0.3) is 0 Å². The first-order chi connectivity index (χ1) is 19.9. The molecule has 0 radical (unpaired) electrons. The molecular formula is C31H53N5O5S. The van der Waals surface area contributed by atoms with Crippen LogP contribution in [0.5, 0.6) is 5.75 Å². The number of sulfonamides is 1. The fourth-order valence-corrected chi connectivity index (χ4v) is 8.34. The molecule has 2 unspecified atom stereocenters. The molecule has 1 N–H and O–H groups in total.